The first-order valence-electron chi connectivity index (χ1n) is 4.67. The summed E-state index contributed by atoms with van der Waals surface area (Å²) in [6.45, 7) is 2.40. The first-order chi connectivity index (χ1) is 5.83. The van der Waals surface area contributed by atoms with Gasteiger partial charge in [0.05, 0.1) is 5.54 Å². The minimum atomic E-state index is -0.0647. The number of aliphatic hydroxyl groups is 1. The van der Waals surface area contributed by atoms with Gasteiger partial charge in [0, 0.05) is 12.8 Å². The standard InChI is InChI=1S/C10H17NO/c1-2-3-5-10(7-9-12)6-4-8-11-10/h4,6,8,12H,2-3,5,7,9H2,1H3. The van der Waals surface area contributed by atoms with Crippen LogP contribution in [0.1, 0.15) is 32.6 Å². The first kappa shape index (κ1) is 9.46. The second kappa shape index (κ2) is 4.41. The van der Waals surface area contributed by atoms with Gasteiger partial charge in [-0.2, -0.15) is 0 Å². The summed E-state index contributed by atoms with van der Waals surface area (Å²) in [4.78, 5) is 4.40. The zero-order chi connectivity index (χ0) is 8.86. The van der Waals surface area contributed by atoms with Gasteiger partial charge >= 0.3 is 0 Å². The Balaban J connectivity index is 2.48. The summed E-state index contributed by atoms with van der Waals surface area (Å²) in [6, 6.07) is 0. The number of unbranched alkanes of at least 4 members (excludes halogenated alkanes) is 1. The normalized spacial score (nSPS) is 26.8. The van der Waals surface area contributed by atoms with E-state index in [9.17, 15) is 0 Å². The molecule has 0 aromatic rings. The lowest BCUT2D eigenvalue weighted by molar-refractivity contribution is 0.252. The molecule has 0 saturated heterocycles. The van der Waals surface area contributed by atoms with Crippen LogP contribution < -0.4 is 0 Å². The molecule has 0 fully saturated rings. The number of allylic oxidation sites excluding steroid dienone is 1. The van der Waals surface area contributed by atoms with Gasteiger partial charge in [-0.3, -0.25) is 4.99 Å². The fourth-order valence-electron chi connectivity index (χ4n) is 1.55. The maximum Gasteiger partial charge on any atom is 0.0813 e. The van der Waals surface area contributed by atoms with E-state index in [0.717, 1.165) is 12.8 Å². The predicted octanol–water partition coefficient (Wildman–Crippen LogP) is 1.94. The van der Waals surface area contributed by atoms with Crippen LogP contribution in [-0.2, 0) is 0 Å². The Kier molecular flexibility index (Phi) is 3.48. The summed E-state index contributed by atoms with van der Waals surface area (Å²) < 4.78 is 0. The van der Waals surface area contributed by atoms with Gasteiger partial charge in [0.2, 0.25) is 0 Å². The van der Waals surface area contributed by atoms with E-state index < -0.39 is 0 Å². The van der Waals surface area contributed by atoms with Gasteiger partial charge in [-0.15, -0.1) is 0 Å². The van der Waals surface area contributed by atoms with Gasteiger partial charge in [-0.1, -0.05) is 25.8 Å². The minimum Gasteiger partial charge on any atom is -0.396 e. The highest BCUT2D eigenvalue weighted by Gasteiger charge is 2.25. The van der Waals surface area contributed by atoms with Crippen LogP contribution in [0.4, 0.5) is 0 Å². The SMILES string of the molecule is CCCCC1(CCO)C=CC=N1. The topological polar surface area (TPSA) is 32.6 Å². The first-order valence-corrected chi connectivity index (χ1v) is 4.67. The maximum atomic E-state index is 8.88. The van der Waals surface area contributed by atoms with E-state index in [0.29, 0.717) is 0 Å². The lowest BCUT2D eigenvalue weighted by Crippen LogP contribution is -2.23. The molecule has 1 N–H and O–H groups in total. The minimum absolute atomic E-state index is 0.0647. The molecule has 68 valence electrons. The van der Waals surface area contributed by atoms with Crippen LogP contribution in [0.25, 0.3) is 0 Å². The molecule has 12 heavy (non-hydrogen) atoms. The smallest absolute Gasteiger partial charge is 0.0813 e. The van der Waals surface area contributed by atoms with Crippen molar-refractivity contribution in [2.45, 2.75) is 38.1 Å². The van der Waals surface area contributed by atoms with E-state index in [1.807, 2.05) is 12.3 Å². The molecule has 1 aliphatic rings. The summed E-state index contributed by atoms with van der Waals surface area (Å²) in [6.07, 6.45) is 10.1. The van der Waals surface area contributed by atoms with Gasteiger partial charge < -0.3 is 5.11 Å². The Bertz CT molecular complexity index is 172. The second-order valence-electron chi connectivity index (χ2n) is 3.32. The number of hydrogen-bond acceptors (Lipinski definition) is 2. The molecular weight excluding hydrogens is 150 g/mol. The lowest BCUT2D eigenvalue weighted by atomic mass is 9.91. The van der Waals surface area contributed by atoms with E-state index in [4.69, 9.17) is 5.11 Å². The highest BCUT2D eigenvalue weighted by atomic mass is 16.3. The van der Waals surface area contributed by atoms with E-state index in [2.05, 4.69) is 18.0 Å². The van der Waals surface area contributed by atoms with Crippen molar-refractivity contribution < 1.29 is 5.11 Å². The zero-order valence-corrected chi connectivity index (χ0v) is 7.66. The Labute approximate surface area is 74.0 Å². The number of aliphatic hydroxyl groups excluding tert-OH is 1. The molecule has 1 rings (SSSR count). The summed E-state index contributed by atoms with van der Waals surface area (Å²) in [7, 11) is 0. The molecule has 1 heterocycles. The molecule has 0 radical (unpaired) electrons. The molecule has 0 spiro atoms. The van der Waals surface area contributed by atoms with Crippen LogP contribution in [0.2, 0.25) is 0 Å². The Hall–Kier alpha value is -0.630. The van der Waals surface area contributed by atoms with E-state index in [-0.39, 0.29) is 12.1 Å². The lowest BCUT2D eigenvalue weighted by Gasteiger charge is -2.22. The molecular formula is C10H17NO. The molecule has 0 amide bonds. The fraction of sp³-hybridized carbons (Fsp3) is 0.700. The molecule has 0 saturated carbocycles. The maximum absolute atomic E-state index is 8.88. The number of rotatable bonds is 5. The molecule has 0 aromatic heterocycles. The Morgan fingerprint density at radius 2 is 2.25 bits per heavy atom. The van der Waals surface area contributed by atoms with Crippen molar-refractivity contribution in [1.29, 1.82) is 0 Å². The summed E-state index contributed by atoms with van der Waals surface area (Å²) in [5, 5.41) is 8.88. The molecule has 1 unspecified atom stereocenters. The molecule has 0 aliphatic carbocycles. The summed E-state index contributed by atoms with van der Waals surface area (Å²) >= 11 is 0. The highest BCUT2D eigenvalue weighted by molar-refractivity contribution is 5.75. The van der Waals surface area contributed by atoms with Crippen LogP contribution in [0.5, 0.6) is 0 Å². The quantitative estimate of drug-likeness (QED) is 0.666. The molecule has 0 aromatic carbocycles. The van der Waals surface area contributed by atoms with Gasteiger partial charge in [0.1, 0.15) is 0 Å². The van der Waals surface area contributed by atoms with Gasteiger partial charge in [0.25, 0.3) is 0 Å². The van der Waals surface area contributed by atoms with E-state index >= 15 is 0 Å². The average molecular weight is 167 g/mol. The third-order valence-corrected chi connectivity index (χ3v) is 2.33. The van der Waals surface area contributed by atoms with E-state index in [1.165, 1.54) is 12.8 Å². The van der Waals surface area contributed by atoms with Crippen molar-refractivity contribution in [3.63, 3.8) is 0 Å². The summed E-state index contributed by atoms with van der Waals surface area (Å²) in [5.41, 5.74) is -0.0647. The van der Waals surface area contributed by atoms with Crippen LogP contribution in [-0.4, -0.2) is 23.5 Å². The molecule has 1 atom stereocenters. The van der Waals surface area contributed by atoms with Crippen LogP contribution in [0.15, 0.2) is 17.1 Å². The van der Waals surface area contributed by atoms with Crippen molar-refractivity contribution >= 4 is 6.21 Å². The van der Waals surface area contributed by atoms with Crippen molar-refractivity contribution in [3.8, 4) is 0 Å². The largest absolute Gasteiger partial charge is 0.396 e. The van der Waals surface area contributed by atoms with Crippen molar-refractivity contribution in [2.24, 2.45) is 4.99 Å². The van der Waals surface area contributed by atoms with Crippen molar-refractivity contribution in [3.05, 3.63) is 12.2 Å². The highest BCUT2D eigenvalue weighted by Crippen LogP contribution is 2.27. The third kappa shape index (κ3) is 2.18. The van der Waals surface area contributed by atoms with Crippen molar-refractivity contribution in [1.82, 2.24) is 0 Å². The molecule has 1 aliphatic heterocycles. The van der Waals surface area contributed by atoms with Gasteiger partial charge in [-0.25, -0.2) is 0 Å². The Morgan fingerprint density at radius 3 is 2.75 bits per heavy atom. The fourth-order valence-corrected chi connectivity index (χ4v) is 1.55. The Morgan fingerprint density at radius 1 is 1.42 bits per heavy atom. The molecule has 0 bridgehead atoms. The van der Waals surface area contributed by atoms with E-state index in [1.54, 1.807) is 0 Å². The zero-order valence-electron chi connectivity index (χ0n) is 7.66. The van der Waals surface area contributed by atoms with Crippen LogP contribution >= 0.6 is 0 Å². The van der Waals surface area contributed by atoms with Gasteiger partial charge in [-0.05, 0) is 18.9 Å². The average Bonchev–Trinajstić information content (AvgIpc) is 2.51. The van der Waals surface area contributed by atoms with Gasteiger partial charge in [0.15, 0.2) is 0 Å². The van der Waals surface area contributed by atoms with Crippen molar-refractivity contribution in [2.75, 3.05) is 6.61 Å². The number of aliphatic imine (C=N–C) groups is 1. The van der Waals surface area contributed by atoms with Crippen LogP contribution in [0, 0.1) is 0 Å². The molecule has 2 nitrogen and oxygen atoms in total. The monoisotopic (exact) mass is 167 g/mol. The number of hydrogen-bond donors (Lipinski definition) is 1. The predicted molar refractivity (Wildman–Crippen MR) is 51.6 cm³/mol. The second-order valence-corrected chi connectivity index (χ2v) is 3.32. The number of nitrogens with zero attached hydrogens (tertiary/aromatic N) is 1. The third-order valence-electron chi connectivity index (χ3n) is 2.33. The summed E-state index contributed by atoms with van der Waals surface area (Å²) in [5.74, 6) is 0. The molecule has 2 heteroatoms. The van der Waals surface area contributed by atoms with Crippen LogP contribution in [0.3, 0.4) is 0 Å².